The van der Waals surface area contributed by atoms with Gasteiger partial charge in [-0.1, -0.05) is 11.6 Å². The minimum atomic E-state index is -0.771. The van der Waals surface area contributed by atoms with Crippen LogP contribution in [0.4, 0.5) is 0 Å². The van der Waals surface area contributed by atoms with Gasteiger partial charge >= 0.3 is 5.97 Å². The number of hydrogen-bond donors (Lipinski definition) is 2. The van der Waals surface area contributed by atoms with Gasteiger partial charge in [0.05, 0.1) is 24.0 Å². The van der Waals surface area contributed by atoms with Crippen molar-refractivity contribution >= 4 is 28.5 Å². The number of halogens is 1. The minimum absolute atomic E-state index is 0.00691. The number of rotatable bonds is 7. The van der Waals surface area contributed by atoms with E-state index in [9.17, 15) is 14.7 Å². The van der Waals surface area contributed by atoms with Crippen molar-refractivity contribution in [3.8, 4) is 22.8 Å². The summed E-state index contributed by atoms with van der Waals surface area (Å²) in [5.74, 6) is -0.271. The number of carboxylic acid groups (broad SMARTS) is 1. The Morgan fingerprint density at radius 2 is 1.87 bits per heavy atom. The van der Waals surface area contributed by atoms with Gasteiger partial charge in [0.25, 0.3) is 0 Å². The predicted molar refractivity (Wildman–Crippen MR) is 110 cm³/mol. The van der Waals surface area contributed by atoms with Gasteiger partial charge in [-0.2, -0.15) is 0 Å². The van der Waals surface area contributed by atoms with E-state index in [4.69, 9.17) is 30.6 Å². The van der Waals surface area contributed by atoms with E-state index in [1.165, 1.54) is 18.2 Å². The van der Waals surface area contributed by atoms with Crippen molar-refractivity contribution < 1.29 is 28.9 Å². The second-order valence-electron chi connectivity index (χ2n) is 7.12. The fraction of sp³-hybridized carbons (Fsp3) is 0.273. The second kappa shape index (κ2) is 8.38. The molecule has 0 bridgehead atoms. The Bertz CT molecular complexity index is 1130. The lowest BCUT2D eigenvalue weighted by Crippen LogP contribution is -2.36. The highest BCUT2D eigenvalue weighted by Gasteiger charge is 2.34. The maximum atomic E-state index is 12.3. The summed E-state index contributed by atoms with van der Waals surface area (Å²) in [7, 11) is 0. The molecule has 8 heteroatoms. The van der Waals surface area contributed by atoms with Gasteiger partial charge < -0.3 is 24.1 Å². The summed E-state index contributed by atoms with van der Waals surface area (Å²) in [6.07, 6.45) is 1.07. The van der Waals surface area contributed by atoms with Crippen molar-refractivity contribution in [2.75, 3.05) is 13.2 Å². The Hall–Kier alpha value is -3.03. The number of benzene rings is 2. The maximum Gasteiger partial charge on any atom is 0.306 e. The van der Waals surface area contributed by atoms with Gasteiger partial charge in [-0.25, -0.2) is 0 Å². The van der Waals surface area contributed by atoms with Crippen LogP contribution < -0.4 is 10.2 Å². The molecule has 30 heavy (non-hydrogen) atoms. The Labute approximate surface area is 176 Å². The average Bonchev–Trinajstić information content (AvgIpc) is 2.69. The lowest BCUT2D eigenvalue weighted by Gasteiger charge is -2.31. The zero-order valence-corrected chi connectivity index (χ0v) is 16.6. The zero-order valence-electron chi connectivity index (χ0n) is 15.8. The third kappa shape index (κ3) is 4.13. The van der Waals surface area contributed by atoms with Crippen LogP contribution in [0, 0.1) is 5.92 Å². The summed E-state index contributed by atoms with van der Waals surface area (Å²) in [5.41, 5.74) is 0.538. The van der Waals surface area contributed by atoms with Crippen molar-refractivity contribution in [1.29, 1.82) is 0 Å². The molecule has 0 amide bonds. The largest absolute Gasteiger partial charge is 0.506 e. The van der Waals surface area contributed by atoms with Gasteiger partial charge in [0.2, 0.25) is 0 Å². The van der Waals surface area contributed by atoms with E-state index < -0.39 is 5.97 Å². The molecule has 1 aliphatic rings. The first-order valence-corrected chi connectivity index (χ1v) is 9.83. The molecular formula is C22H19ClO7. The molecule has 0 spiro atoms. The number of fused-ring (bicyclic) bond motifs is 1. The van der Waals surface area contributed by atoms with Crippen molar-refractivity contribution in [2.24, 2.45) is 5.92 Å². The van der Waals surface area contributed by atoms with Crippen molar-refractivity contribution in [3.63, 3.8) is 0 Å². The summed E-state index contributed by atoms with van der Waals surface area (Å²) in [5, 5.41) is 18.9. The SMILES string of the molecule is O=c1cc(-c2ccc(OCCO[C@H]3C[C@@H](C(=O)O)C3)cc2)oc2c(Cl)c(O)ccc12. The molecule has 0 aliphatic heterocycles. The smallest absolute Gasteiger partial charge is 0.306 e. The molecule has 1 fully saturated rings. The van der Waals surface area contributed by atoms with Gasteiger partial charge in [-0.3, -0.25) is 9.59 Å². The number of phenolic OH excluding ortho intramolecular Hbond substituents is 1. The Kier molecular flexibility index (Phi) is 5.65. The lowest BCUT2D eigenvalue weighted by molar-refractivity contribution is -0.151. The molecule has 3 aromatic rings. The van der Waals surface area contributed by atoms with Crippen molar-refractivity contribution in [1.82, 2.24) is 0 Å². The van der Waals surface area contributed by atoms with E-state index in [-0.39, 0.29) is 33.8 Å². The normalized spacial score (nSPS) is 18.2. The lowest BCUT2D eigenvalue weighted by atomic mass is 9.82. The fourth-order valence-electron chi connectivity index (χ4n) is 3.31. The summed E-state index contributed by atoms with van der Waals surface area (Å²) in [4.78, 5) is 23.1. The summed E-state index contributed by atoms with van der Waals surface area (Å²) in [6.45, 7) is 0.716. The summed E-state index contributed by atoms with van der Waals surface area (Å²) < 4.78 is 17.0. The number of aromatic hydroxyl groups is 1. The van der Waals surface area contributed by atoms with Crippen LogP contribution in [0.1, 0.15) is 12.8 Å². The number of carbonyl (C=O) groups is 1. The topological polar surface area (TPSA) is 106 Å². The molecule has 4 rings (SSSR count). The molecule has 0 saturated heterocycles. The van der Waals surface area contributed by atoms with Crippen molar-refractivity contribution in [3.05, 3.63) is 57.7 Å². The van der Waals surface area contributed by atoms with Crippen LogP contribution in [0.15, 0.2) is 51.7 Å². The van der Waals surface area contributed by atoms with Crippen LogP contribution in [-0.2, 0) is 9.53 Å². The van der Waals surface area contributed by atoms with E-state index >= 15 is 0 Å². The molecule has 1 saturated carbocycles. The van der Waals surface area contributed by atoms with Crippen LogP contribution in [0.3, 0.4) is 0 Å². The Morgan fingerprint density at radius 1 is 1.13 bits per heavy atom. The third-order valence-corrected chi connectivity index (χ3v) is 5.47. The molecule has 156 valence electrons. The monoisotopic (exact) mass is 430 g/mol. The van der Waals surface area contributed by atoms with Crippen LogP contribution in [0.5, 0.6) is 11.5 Å². The van der Waals surface area contributed by atoms with E-state index in [2.05, 4.69) is 0 Å². The molecule has 0 atom stereocenters. The second-order valence-corrected chi connectivity index (χ2v) is 7.50. The molecule has 2 N–H and O–H groups in total. The molecule has 1 aliphatic carbocycles. The average molecular weight is 431 g/mol. The Morgan fingerprint density at radius 3 is 2.57 bits per heavy atom. The number of ether oxygens (including phenoxy) is 2. The maximum absolute atomic E-state index is 12.3. The van der Waals surface area contributed by atoms with Crippen LogP contribution in [-0.4, -0.2) is 35.5 Å². The highest BCUT2D eigenvalue weighted by Crippen LogP contribution is 2.33. The number of phenols is 1. The number of aliphatic carboxylic acids is 1. The summed E-state index contributed by atoms with van der Waals surface area (Å²) in [6, 6.07) is 11.2. The first-order chi connectivity index (χ1) is 14.4. The van der Waals surface area contributed by atoms with Gasteiger partial charge in [0.1, 0.15) is 28.9 Å². The number of carboxylic acids is 1. The highest BCUT2D eigenvalue weighted by molar-refractivity contribution is 6.36. The first-order valence-electron chi connectivity index (χ1n) is 9.45. The first kappa shape index (κ1) is 20.3. The predicted octanol–water partition coefficient (Wildman–Crippen LogP) is 4.08. The van der Waals surface area contributed by atoms with Gasteiger partial charge in [0, 0.05) is 11.6 Å². The molecule has 1 heterocycles. The van der Waals surface area contributed by atoms with Crippen LogP contribution in [0.2, 0.25) is 5.02 Å². The quantitative estimate of drug-likeness (QED) is 0.544. The number of hydrogen-bond acceptors (Lipinski definition) is 6. The van der Waals surface area contributed by atoms with E-state index in [0.29, 0.717) is 48.5 Å². The molecule has 1 aromatic heterocycles. The fourth-order valence-corrected chi connectivity index (χ4v) is 3.51. The standard InChI is InChI=1S/C22H19ClO7/c23-20-17(24)6-5-16-18(25)11-19(30-21(16)20)12-1-3-14(4-2-12)28-7-8-29-15-9-13(10-15)22(26)27/h1-6,11,13,15,24H,7-10H2,(H,26,27)/t13-,15+. The minimum Gasteiger partial charge on any atom is -0.506 e. The molecular weight excluding hydrogens is 412 g/mol. The molecule has 0 radical (unpaired) electrons. The molecule has 0 unspecified atom stereocenters. The van der Waals surface area contributed by atoms with E-state index in [1.807, 2.05) is 0 Å². The van der Waals surface area contributed by atoms with Crippen molar-refractivity contribution in [2.45, 2.75) is 18.9 Å². The third-order valence-electron chi connectivity index (χ3n) is 5.10. The van der Waals surface area contributed by atoms with Gasteiger partial charge in [-0.05, 0) is 49.2 Å². The molecule has 7 nitrogen and oxygen atoms in total. The Balaban J connectivity index is 1.37. The van der Waals surface area contributed by atoms with E-state index in [0.717, 1.165) is 0 Å². The van der Waals surface area contributed by atoms with Gasteiger partial charge in [0.15, 0.2) is 11.0 Å². The summed E-state index contributed by atoms with van der Waals surface area (Å²) >= 11 is 6.07. The van der Waals surface area contributed by atoms with Gasteiger partial charge in [-0.15, -0.1) is 0 Å². The van der Waals surface area contributed by atoms with E-state index in [1.54, 1.807) is 24.3 Å². The molecule has 2 aromatic carbocycles. The highest BCUT2D eigenvalue weighted by atomic mass is 35.5. The zero-order chi connectivity index (χ0) is 21.3. The van der Waals surface area contributed by atoms with Crippen LogP contribution >= 0.6 is 11.6 Å². The van der Waals surface area contributed by atoms with Crippen LogP contribution in [0.25, 0.3) is 22.3 Å².